The normalized spacial score (nSPS) is 17.2. The van der Waals surface area contributed by atoms with Gasteiger partial charge in [0.15, 0.2) is 0 Å². The van der Waals surface area contributed by atoms with Crippen molar-refractivity contribution in [2.75, 3.05) is 6.61 Å². The summed E-state index contributed by atoms with van der Waals surface area (Å²) < 4.78 is 5.44. The zero-order chi connectivity index (χ0) is 22.1. The van der Waals surface area contributed by atoms with E-state index in [9.17, 15) is 9.59 Å². The van der Waals surface area contributed by atoms with E-state index in [1.54, 1.807) is 6.08 Å². The van der Waals surface area contributed by atoms with Crippen LogP contribution in [0.2, 0.25) is 0 Å². The molecule has 1 heterocycles. The van der Waals surface area contributed by atoms with Crippen LogP contribution in [0.15, 0.2) is 85.5 Å². The number of hydrogen-bond acceptors (Lipinski definition) is 3. The zero-order valence-corrected chi connectivity index (χ0v) is 18.2. The molecule has 0 saturated carbocycles. The van der Waals surface area contributed by atoms with E-state index in [1.807, 2.05) is 72.8 Å². The minimum Gasteiger partial charge on any atom is -0.447 e. The van der Waals surface area contributed by atoms with Crippen molar-refractivity contribution in [1.82, 2.24) is 4.90 Å². The molecule has 1 aliphatic heterocycles. The molecular formula is C27H31NO3. The van der Waals surface area contributed by atoms with E-state index in [4.69, 9.17) is 4.74 Å². The molecule has 1 saturated heterocycles. The Morgan fingerprint density at radius 2 is 1.74 bits per heavy atom. The van der Waals surface area contributed by atoms with E-state index in [1.165, 1.54) is 4.90 Å². The lowest BCUT2D eigenvalue weighted by Gasteiger charge is -2.30. The summed E-state index contributed by atoms with van der Waals surface area (Å²) in [7, 11) is 0. The molecule has 2 aromatic carbocycles. The number of rotatable bonds is 10. The van der Waals surface area contributed by atoms with E-state index < -0.39 is 6.09 Å². The van der Waals surface area contributed by atoms with Crippen molar-refractivity contribution < 1.29 is 14.3 Å². The third kappa shape index (κ3) is 5.52. The van der Waals surface area contributed by atoms with Gasteiger partial charge in [0, 0.05) is 11.8 Å². The van der Waals surface area contributed by atoms with Gasteiger partial charge < -0.3 is 4.74 Å². The Labute approximate surface area is 185 Å². The number of carbonyl (C=O) groups is 2. The topological polar surface area (TPSA) is 46.6 Å². The number of imide groups is 1. The highest BCUT2D eigenvalue weighted by atomic mass is 16.6. The molecule has 2 aromatic rings. The lowest BCUT2D eigenvalue weighted by molar-refractivity contribution is -0.133. The third-order valence-electron chi connectivity index (χ3n) is 5.79. The molecule has 162 valence electrons. The van der Waals surface area contributed by atoms with Crippen molar-refractivity contribution in [3.05, 3.63) is 96.6 Å². The summed E-state index contributed by atoms with van der Waals surface area (Å²) in [6.07, 6.45) is 8.23. The number of amides is 2. The molecule has 0 aliphatic carbocycles. The van der Waals surface area contributed by atoms with Crippen LogP contribution in [0.25, 0.3) is 0 Å². The van der Waals surface area contributed by atoms with Crippen molar-refractivity contribution in [2.45, 2.75) is 44.6 Å². The molecule has 0 N–H and O–H groups in total. The summed E-state index contributed by atoms with van der Waals surface area (Å²) in [5.74, 6) is -0.545. The van der Waals surface area contributed by atoms with Crippen LogP contribution in [-0.4, -0.2) is 29.5 Å². The summed E-state index contributed by atoms with van der Waals surface area (Å²) >= 11 is 0. The second kappa shape index (κ2) is 11.3. The zero-order valence-electron chi connectivity index (χ0n) is 18.2. The molecule has 4 heteroatoms. The van der Waals surface area contributed by atoms with Gasteiger partial charge in [-0.1, -0.05) is 105 Å². The Kier molecular flexibility index (Phi) is 8.22. The van der Waals surface area contributed by atoms with Gasteiger partial charge in [0.05, 0.1) is 6.04 Å². The molecule has 0 radical (unpaired) electrons. The highest BCUT2D eigenvalue weighted by molar-refractivity contribution is 5.95. The Morgan fingerprint density at radius 3 is 2.29 bits per heavy atom. The van der Waals surface area contributed by atoms with Crippen LogP contribution < -0.4 is 0 Å². The van der Waals surface area contributed by atoms with Crippen molar-refractivity contribution >= 4 is 12.0 Å². The second-order valence-corrected chi connectivity index (χ2v) is 7.89. The first-order valence-electron chi connectivity index (χ1n) is 11.0. The van der Waals surface area contributed by atoms with Crippen LogP contribution >= 0.6 is 0 Å². The highest BCUT2D eigenvalue weighted by Crippen LogP contribution is 2.35. The number of hydrogen-bond donors (Lipinski definition) is 0. The number of nitrogens with zero attached hydrogens (tertiary/aromatic N) is 1. The summed E-state index contributed by atoms with van der Waals surface area (Å²) in [4.78, 5) is 27.7. The van der Waals surface area contributed by atoms with Gasteiger partial charge >= 0.3 is 6.09 Å². The van der Waals surface area contributed by atoms with Crippen molar-refractivity contribution in [1.29, 1.82) is 0 Å². The van der Waals surface area contributed by atoms with Gasteiger partial charge in [0.25, 0.3) is 0 Å². The third-order valence-corrected chi connectivity index (χ3v) is 5.79. The van der Waals surface area contributed by atoms with E-state index in [2.05, 4.69) is 13.5 Å². The van der Waals surface area contributed by atoms with E-state index in [0.29, 0.717) is 6.42 Å². The smallest absolute Gasteiger partial charge is 0.417 e. The summed E-state index contributed by atoms with van der Waals surface area (Å²) in [5.41, 5.74) is 2.12. The van der Waals surface area contributed by atoms with Crippen LogP contribution in [0.4, 0.5) is 4.79 Å². The first-order valence-corrected chi connectivity index (χ1v) is 11.0. The molecular weight excluding hydrogens is 386 g/mol. The molecule has 3 rings (SSSR count). The van der Waals surface area contributed by atoms with E-state index >= 15 is 0 Å². The second-order valence-electron chi connectivity index (χ2n) is 7.89. The van der Waals surface area contributed by atoms with Gasteiger partial charge in [0.1, 0.15) is 6.61 Å². The minimum absolute atomic E-state index is 0.145. The van der Waals surface area contributed by atoms with Gasteiger partial charge in [-0.3, -0.25) is 4.79 Å². The first-order chi connectivity index (χ1) is 15.2. The molecule has 0 unspecified atom stereocenters. The molecule has 2 amide bonds. The lowest BCUT2D eigenvalue weighted by Crippen LogP contribution is -2.45. The van der Waals surface area contributed by atoms with Crippen LogP contribution in [0.5, 0.6) is 0 Å². The van der Waals surface area contributed by atoms with Crippen molar-refractivity contribution in [3.8, 4) is 0 Å². The molecule has 0 aromatic heterocycles. The molecule has 2 atom stereocenters. The molecule has 1 fully saturated rings. The maximum absolute atomic E-state index is 13.6. The summed E-state index contributed by atoms with van der Waals surface area (Å²) in [6.45, 7) is 6.00. The van der Waals surface area contributed by atoms with Crippen LogP contribution in [0, 0.1) is 5.92 Å². The number of benzene rings is 2. The maximum Gasteiger partial charge on any atom is 0.417 e. The van der Waals surface area contributed by atoms with Crippen molar-refractivity contribution in [3.63, 3.8) is 0 Å². The highest BCUT2D eigenvalue weighted by Gasteiger charge is 2.45. The SMILES string of the molecule is C=C/C=C/C[C@@H](CCCC)C(=O)N1C(=O)OC[C@H]1C(c1ccccc1)c1ccccc1. The standard InChI is InChI=1S/C27H31NO3/c1-3-5-9-19-23(14-6-4-2)26(29)28-24(20-31-27(28)30)25(21-15-10-7-11-16-21)22-17-12-8-13-18-22/h3,5,7-13,15-18,23-25H,1,4,6,14,19-20H2,2H3/b9-5+/t23-,24+/m1/s1. The number of unbranched alkanes of at least 4 members (excludes halogenated alkanes) is 1. The summed E-state index contributed by atoms with van der Waals surface area (Å²) in [5, 5.41) is 0. The van der Waals surface area contributed by atoms with Crippen LogP contribution in [0.1, 0.15) is 49.7 Å². The number of cyclic esters (lactones) is 1. The first kappa shape index (κ1) is 22.5. The lowest BCUT2D eigenvalue weighted by atomic mass is 9.84. The Morgan fingerprint density at radius 1 is 1.13 bits per heavy atom. The van der Waals surface area contributed by atoms with E-state index in [-0.39, 0.29) is 30.4 Å². The van der Waals surface area contributed by atoms with Crippen LogP contribution in [0.3, 0.4) is 0 Å². The largest absolute Gasteiger partial charge is 0.447 e. The Bertz CT molecular complexity index is 852. The predicted molar refractivity (Wildman–Crippen MR) is 124 cm³/mol. The van der Waals surface area contributed by atoms with Gasteiger partial charge in [-0.25, -0.2) is 9.69 Å². The molecule has 1 aliphatic rings. The van der Waals surface area contributed by atoms with Crippen LogP contribution in [-0.2, 0) is 9.53 Å². The monoisotopic (exact) mass is 417 g/mol. The molecule has 0 bridgehead atoms. The van der Waals surface area contributed by atoms with Gasteiger partial charge in [-0.15, -0.1) is 0 Å². The van der Waals surface area contributed by atoms with Crippen molar-refractivity contribution in [2.24, 2.45) is 5.92 Å². The number of allylic oxidation sites excluding steroid dienone is 3. The fourth-order valence-electron chi connectivity index (χ4n) is 4.22. The summed E-state index contributed by atoms with van der Waals surface area (Å²) in [6, 6.07) is 19.7. The average molecular weight is 418 g/mol. The Hall–Kier alpha value is -3.14. The maximum atomic E-state index is 13.6. The minimum atomic E-state index is -0.541. The molecule has 4 nitrogen and oxygen atoms in total. The average Bonchev–Trinajstić information content (AvgIpc) is 3.18. The number of carbonyl (C=O) groups excluding carboxylic acids is 2. The molecule has 0 spiro atoms. The molecule has 31 heavy (non-hydrogen) atoms. The van der Waals surface area contributed by atoms with Gasteiger partial charge in [0.2, 0.25) is 5.91 Å². The number of ether oxygens (including phenoxy) is 1. The Balaban J connectivity index is 1.95. The fraction of sp³-hybridized carbons (Fsp3) is 0.333. The van der Waals surface area contributed by atoms with Gasteiger partial charge in [-0.05, 0) is 24.0 Å². The quantitative estimate of drug-likeness (QED) is 0.439. The fourth-order valence-corrected chi connectivity index (χ4v) is 4.22. The predicted octanol–water partition coefficient (Wildman–Crippen LogP) is 6.10. The van der Waals surface area contributed by atoms with E-state index in [0.717, 1.165) is 30.4 Å². The van der Waals surface area contributed by atoms with Gasteiger partial charge in [-0.2, -0.15) is 0 Å².